The van der Waals surface area contributed by atoms with Crippen molar-refractivity contribution in [2.75, 3.05) is 42.8 Å². The lowest BCUT2D eigenvalue weighted by atomic mass is 10.2. The summed E-state index contributed by atoms with van der Waals surface area (Å²) in [5.41, 5.74) is 1.59. The molecule has 2 aromatic rings. The third-order valence-electron chi connectivity index (χ3n) is 3.67. The van der Waals surface area contributed by atoms with Crippen LogP contribution in [0.1, 0.15) is 10.4 Å². The van der Waals surface area contributed by atoms with Gasteiger partial charge in [-0.15, -0.1) is 0 Å². The van der Waals surface area contributed by atoms with Crippen LogP contribution < -0.4 is 16.0 Å². The van der Waals surface area contributed by atoms with Crippen LogP contribution in [0.15, 0.2) is 42.5 Å². The molecule has 2 rings (SSSR count). The van der Waals surface area contributed by atoms with Crippen molar-refractivity contribution in [1.29, 1.82) is 0 Å². The maximum Gasteiger partial charge on any atom is 0.337 e. The predicted molar refractivity (Wildman–Crippen MR) is 104 cm³/mol. The lowest BCUT2D eigenvalue weighted by molar-refractivity contribution is -0.384. The van der Waals surface area contributed by atoms with E-state index in [9.17, 15) is 19.7 Å². The quantitative estimate of drug-likeness (QED) is 0.289. The number of non-ortho nitro benzene ring substituents is 1. The molecule has 0 aliphatic carbocycles. The summed E-state index contributed by atoms with van der Waals surface area (Å²) in [6, 6.07) is 10.3. The highest BCUT2D eigenvalue weighted by Gasteiger charge is 2.12. The number of nitro groups is 1. The van der Waals surface area contributed by atoms with E-state index in [1.54, 1.807) is 12.1 Å². The summed E-state index contributed by atoms with van der Waals surface area (Å²) in [6.07, 6.45) is 0. The van der Waals surface area contributed by atoms with Crippen LogP contribution in [0.3, 0.4) is 0 Å². The molecule has 148 valence electrons. The zero-order valence-corrected chi connectivity index (χ0v) is 15.1. The molecular weight excluding hydrogens is 368 g/mol. The topological polar surface area (TPSA) is 143 Å². The van der Waals surface area contributed by atoms with Gasteiger partial charge < -0.3 is 25.8 Å². The number of carbonyl (C=O) groups excluding carboxylic acids is 2. The number of amides is 1. The molecule has 0 fully saturated rings. The van der Waals surface area contributed by atoms with Gasteiger partial charge >= 0.3 is 5.97 Å². The van der Waals surface area contributed by atoms with Crippen molar-refractivity contribution in [3.05, 3.63) is 58.1 Å². The molecule has 4 N–H and O–H groups in total. The Labute approximate surface area is 160 Å². The molecule has 0 radical (unpaired) electrons. The summed E-state index contributed by atoms with van der Waals surface area (Å²) in [6.45, 7) is -0.00254. The molecule has 0 unspecified atom stereocenters. The lowest BCUT2D eigenvalue weighted by Gasteiger charge is -2.13. The van der Waals surface area contributed by atoms with E-state index in [4.69, 9.17) is 5.11 Å². The highest BCUT2D eigenvalue weighted by molar-refractivity contribution is 5.95. The minimum absolute atomic E-state index is 0.113. The number of anilines is 3. The van der Waals surface area contributed by atoms with Crippen molar-refractivity contribution in [3.8, 4) is 0 Å². The van der Waals surface area contributed by atoms with Gasteiger partial charge in [-0.25, -0.2) is 4.79 Å². The standard InChI is InChI=1S/C18H20N4O6/c1-28-18(25)12-2-4-13(5-3-12)21-17(24)11-20-16-10-14(22(26)27)6-7-15(16)19-8-9-23/h2-7,10,19-20,23H,8-9,11H2,1H3,(H,21,24). The van der Waals surface area contributed by atoms with Gasteiger partial charge in [-0.05, 0) is 30.3 Å². The molecule has 0 bridgehead atoms. The fourth-order valence-corrected chi connectivity index (χ4v) is 2.32. The highest BCUT2D eigenvalue weighted by atomic mass is 16.6. The van der Waals surface area contributed by atoms with Crippen LogP contribution in [0.25, 0.3) is 0 Å². The second kappa shape index (κ2) is 9.88. The number of rotatable bonds is 9. The molecule has 0 aromatic heterocycles. The molecule has 10 heteroatoms. The summed E-state index contributed by atoms with van der Waals surface area (Å²) in [5, 5.41) is 28.3. The van der Waals surface area contributed by atoms with Gasteiger partial charge in [0.1, 0.15) is 0 Å². The summed E-state index contributed by atoms with van der Waals surface area (Å²) >= 11 is 0. The number of nitro benzene ring substituents is 1. The molecule has 2 aromatic carbocycles. The van der Waals surface area contributed by atoms with Gasteiger partial charge in [0.05, 0.1) is 42.1 Å². The van der Waals surface area contributed by atoms with E-state index < -0.39 is 10.9 Å². The Morgan fingerprint density at radius 2 is 1.82 bits per heavy atom. The fraction of sp³-hybridized carbons (Fsp3) is 0.222. The molecular formula is C18H20N4O6. The number of aliphatic hydroxyl groups is 1. The zero-order chi connectivity index (χ0) is 20.5. The van der Waals surface area contributed by atoms with Crippen LogP contribution in [-0.2, 0) is 9.53 Å². The van der Waals surface area contributed by atoms with Gasteiger partial charge in [-0.1, -0.05) is 0 Å². The van der Waals surface area contributed by atoms with E-state index in [1.807, 2.05) is 0 Å². The van der Waals surface area contributed by atoms with Gasteiger partial charge in [0, 0.05) is 24.4 Å². The Bertz CT molecular complexity index is 854. The third-order valence-corrected chi connectivity index (χ3v) is 3.67. The maximum atomic E-state index is 12.1. The average Bonchev–Trinajstić information content (AvgIpc) is 2.70. The van der Waals surface area contributed by atoms with Crippen molar-refractivity contribution in [2.24, 2.45) is 0 Å². The first-order chi connectivity index (χ1) is 13.4. The largest absolute Gasteiger partial charge is 0.465 e. The Hall–Kier alpha value is -3.66. The van der Waals surface area contributed by atoms with Crippen LogP contribution in [0.2, 0.25) is 0 Å². The molecule has 0 aliphatic heterocycles. The van der Waals surface area contributed by atoms with Crippen LogP contribution in [-0.4, -0.2) is 48.7 Å². The Kier molecular flexibility index (Phi) is 7.28. The number of methoxy groups -OCH3 is 1. The summed E-state index contributed by atoms with van der Waals surface area (Å²) in [5.74, 6) is -0.862. The normalized spacial score (nSPS) is 10.1. The van der Waals surface area contributed by atoms with Crippen LogP contribution >= 0.6 is 0 Å². The van der Waals surface area contributed by atoms with Gasteiger partial charge in [-0.3, -0.25) is 14.9 Å². The minimum atomic E-state index is -0.538. The first kappa shape index (κ1) is 20.6. The first-order valence-electron chi connectivity index (χ1n) is 8.30. The number of hydrogen-bond donors (Lipinski definition) is 4. The molecule has 0 saturated heterocycles. The monoisotopic (exact) mass is 388 g/mol. The second-order valence-electron chi connectivity index (χ2n) is 5.61. The number of nitrogens with one attached hydrogen (secondary N) is 3. The predicted octanol–water partition coefficient (Wildman–Crippen LogP) is 1.84. The number of benzene rings is 2. The summed E-state index contributed by atoms with van der Waals surface area (Å²) < 4.78 is 4.60. The molecule has 0 saturated carbocycles. The van der Waals surface area contributed by atoms with Gasteiger partial charge in [0.2, 0.25) is 5.91 Å². The van der Waals surface area contributed by atoms with Gasteiger partial charge in [-0.2, -0.15) is 0 Å². The molecule has 28 heavy (non-hydrogen) atoms. The number of esters is 1. The van der Waals surface area contributed by atoms with E-state index in [-0.39, 0.29) is 31.3 Å². The number of aliphatic hydroxyl groups excluding tert-OH is 1. The Morgan fingerprint density at radius 3 is 2.43 bits per heavy atom. The van der Waals surface area contributed by atoms with Crippen LogP contribution in [0.5, 0.6) is 0 Å². The third kappa shape index (κ3) is 5.68. The van der Waals surface area contributed by atoms with E-state index in [1.165, 1.54) is 37.4 Å². The molecule has 1 amide bonds. The van der Waals surface area contributed by atoms with Crippen molar-refractivity contribution < 1.29 is 24.4 Å². The molecule has 0 spiro atoms. The average molecular weight is 388 g/mol. The van der Waals surface area contributed by atoms with Crippen molar-refractivity contribution in [3.63, 3.8) is 0 Å². The number of carbonyl (C=O) groups is 2. The highest BCUT2D eigenvalue weighted by Crippen LogP contribution is 2.26. The maximum absolute atomic E-state index is 12.1. The molecule has 0 aliphatic rings. The van der Waals surface area contributed by atoms with Crippen LogP contribution in [0.4, 0.5) is 22.7 Å². The number of hydrogen-bond acceptors (Lipinski definition) is 8. The summed E-state index contributed by atoms with van der Waals surface area (Å²) in [4.78, 5) is 34.0. The SMILES string of the molecule is COC(=O)c1ccc(NC(=O)CNc2cc([N+](=O)[O-])ccc2NCCO)cc1. The van der Waals surface area contributed by atoms with E-state index in [0.717, 1.165) is 0 Å². The van der Waals surface area contributed by atoms with Gasteiger partial charge in [0.15, 0.2) is 0 Å². The second-order valence-corrected chi connectivity index (χ2v) is 5.61. The Morgan fingerprint density at radius 1 is 1.11 bits per heavy atom. The number of nitrogens with zero attached hydrogens (tertiary/aromatic N) is 1. The first-order valence-corrected chi connectivity index (χ1v) is 8.30. The molecule has 0 atom stereocenters. The van der Waals surface area contributed by atoms with E-state index in [2.05, 4.69) is 20.7 Å². The van der Waals surface area contributed by atoms with E-state index >= 15 is 0 Å². The molecule has 10 nitrogen and oxygen atoms in total. The van der Waals surface area contributed by atoms with Crippen molar-refractivity contribution >= 4 is 34.6 Å². The zero-order valence-electron chi connectivity index (χ0n) is 15.1. The number of ether oxygens (including phenoxy) is 1. The lowest BCUT2D eigenvalue weighted by Crippen LogP contribution is -2.22. The van der Waals surface area contributed by atoms with Crippen molar-refractivity contribution in [2.45, 2.75) is 0 Å². The Balaban J connectivity index is 2.01. The smallest absolute Gasteiger partial charge is 0.337 e. The van der Waals surface area contributed by atoms with Crippen LogP contribution in [0, 0.1) is 10.1 Å². The summed E-state index contributed by atoms with van der Waals surface area (Å²) in [7, 11) is 1.28. The molecule has 0 heterocycles. The minimum Gasteiger partial charge on any atom is -0.465 e. The van der Waals surface area contributed by atoms with E-state index in [0.29, 0.717) is 22.6 Å². The van der Waals surface area contributed by atoms with Gasteiger partial charge in [0.25, 0.3) is 5.69 Å². The van der Waals surface area contributed by atoms with Crippen molar-refractivity contribution in [1.82, 2.24) is 0 Å². The fourth-order valence-electron chi connectivity index (χ4n) is 2.32.